The van der Waals surface area contributed by atoms with Gasteiger partial charge in [-0.15, -0.1) is 0 Å². The largest absolute Gasteiger partial charge is 0.496 e. The van der Waals surface area contributed by atoms with Gasteiger partial charge in [-0.2, -0.15) is 0 Å². The second-order valence-corrected chi connectivity index (χ2v) is 5.32. The van der Waals surface area contributed by atoms with Crippen molar-refractivity contribution in [1.29, 1.82) is 0 Å². The SMILES string of the molecule is COc1cccc(Cl)c1CNC(=O)N[C@@H]1C=C[C@H](CO)C1. The minimum Gasteiger partial charge on any atom is -0.496 e. The van der Waals surface area contributed by atoms with Crippen LogP contribution < -0.4 is 15.4 Å². The van der Waals surface area contributed by atoms with Crippen molar-refractivity contribution in [3.63, 3.8) is 0 Å². The molecule has 21 heavy (non-hydrogen) atoms. The Labute approximate surface area is 128 Å². The van der Waals surface area contributed by atoms with Crippen molar-refractivity contribution in [2.24, 2.45) is 5.92 Å². The zero-order valence-electron chi connectivity index (χ0n) is 11.8. The Balaban J connectivity index is 1.86. The van der Waals surface area contributed by atoms with E-state index in [-0.39, 0.29) is 31.1 Å². The van der Waals surface area contributed by atoms with Crippen molar-refractivity contribution in [3.8, 4) is 5.75 Å². The van der Waals surface area contributed by atoms with Gasteiger partial charge in [-0.05, 0) is 18.6 Å². The molecule has 5 nitrogen and oxygen atoms in total. The molecule has 2 atom stereocenters. The summed E-state index contributed by atoms with van der Waals surface area (Å²) >= 11 is 6.11. The highest BCUT2D eigenvalue weighted by molar-refractivity contribution is 6.31. The van der Waals surface area contributed by atoms with Crippen LogP contribution in [0.2, 0.25) is 5.02 Å². The molecule has 0 radical (unpaired) electrons. The zero-order chi connectivity index (χ0) is 15.2. The topological polar surface area (TPSA) is 70.6 Å². The van der Waals surface area contributed by atoms with Crippen LogP contribution in [0.1, 0.15) is 12.0 Å². The Hall–Kier alpha value is -1.72. The summed E-state index contributed by atoms with van der Waals surface area (Å²) in [5, 5.41) is 15.2. The van der Waals surface area contributed by atoms with Gasteiger partial charge in [-0.1, -0.05) is 29.8 Å². The van der Waals surface area contributed by atoms with Crippen LogP contribution >= 0.6 is 11.6 Å². The molecule has 0 heterocycles. The molecule has 1 aromatic carbocycles. The van der Waals surface area contributed by atoms with Gasteiger partial charge < -0.3 is 20.5 Å². The van der Waals surface area contributed by atoms with Crippen LogP contribution in [-0.4, -0.2) is 30.9 Å². The van der Waals surface area contributed by atoms with E-state index in [1.165, 1.54) is 0 Å². The fourth-order valence-electron chi connectivity index (χ4n) is 2.31. The Morgan fingerprint density at radius 1 is 1.48 bits per heavy atom. The molecule has 1 aliphatic rings. The van der Waals surface area contributed by atoms with Crippen LogP contribution in [0.4, 0.5) is 4.79 Å². The van der Waals surface area contributed by atoms with Crippen LogP contribution in [0, 0.1) is 5.92 Å². The third-order valence-corrected chi connectivity index (χ3v) is 3.80. The molecule has 2 amide bonds. The number of aliphatic hydroxyl groups excluding tert-OH is 1. The van der Waals surface area contributed by atoms with Gasteiger partial charge in [0.05, 0.1) is 7.11 Å². The molecule has 0 aromatic heterocycles. The molecule has 0 saturated heterocycles. The minimum atomic E-state index is -0.273. The smallest absolute Gasteiger partial charge is 0.315 e. The van der Waals surface area contributed by atoms with E-state index in [2.05, 4.69) is 10.6 Å². The number of halogens is 1. The van der Waals surface area contributed by atoms with Crippen molar-refractivity contribution < 1.29 is 14.6 Å². The molecule has 0 bridgehead atoms. The summed E-state index contributed by atoms with van der Waals surface area (Å²) in [7, 11) is 1.56. The van der Waals surface area contributed by atoms with Crippen molar-refractivity contribution in [1.82, 2.24) is 10.6 Å². The summed E-state index contributed by atoms with van der Waals surface area (Å²) in [6.07, 6.45) is 4.54. The van der Waals surface area contributed by atoms with Crippen molar-refractivity contribution in [2.75, 3.05) is 13.7 Å². The van der Waals surface area contributed by atoms with Crippen LogP contribution in [0.5, 0.6) is 5.75 Å². The number of carbonyl (C=O) groups is 1. The fourth-order valence-corrected chi connectivity index (χ4v) is 2.54. The zero-order valence-corrected chi connectivity index (χ0v) is 12.6. The molecule has 0 fully saturated rings. The first-order chi connectivity index (χ1) is 10.1. The first-order valence-corrected chi connectivity index (χ1v) is 7.16. The molecule has 0 spiro atoms. The van der Waals surface area contributed by atoms with E-state index in [9.17, 15) is 4.79 Å². The number of hydrogen-bond acceptors (Lipinski definition) is 3. The van der Waals surface area contributed by atoms with Crippen molar-refractivity contribution >= 4 is 17.6 Å². The number of ether oxygens (including phenoxy) is 1. The lowest BCUT2D eigenvalue weighted by molar-refractivity contribution is 0.231. The van der Waals surface area contributed by atoms with Gasteiger partial charge in [0.2, 0.25) is 0 Å². The predicted molar refractivity (Wildman–Crippen MR) is 81.5 cm³/mol. The number of carbonyl (C=O) groups excluding carboxylic acids is 1. The van der Waals surface area contributed by atoms with Crippen LogP contribution in [0.25, 0.3) is 0 Å². The van der Waals surface area contributed by atoms with E-state index in [4.69, 9.17) is 21.4 Å². The number of aliphatic hydroxyl groups is 1. The summed E-state index contributed by atoms with van der Waals surface area (Å²) < 4.78 is 5.23. The second kappa shape index (κ2) is 7.33. The number of benzene rings is 1. The first-order valence-electron chi connectivity index (χ1n) is 6.79. The monoisotopic (exact) mass is 310 g/mol. The number of amides is 2. The van der Waals surface area contributed by atoms with Crippen molar-refractivity contribution in [3.05, 3.63) is 40.9 Å². The van der Waals surface area contributed by atoms with E-state index in [0.29, 0.717) is 10.8 Å². The van der Waals surface area contributed by atoms with E-state index in [1.54, 1.807) is 25.3 Å². The van der Waals surface area contributed by atoms with Gasteiger partial charge in [0, 0.05) is 35.7 Å². The second-order valence-electron chi connectivity index (χ2n) is 4.92. The Kier molecular flexibility index (Phi) is 5.47. The average Bonchev–Trinajstić information content (AvgIpc) is 2.93. The van der Waals surface area contributed by atoms with Crippen LogP contribution in [0.3, 0.4) is 0 Å². The minimum absolute atomic E-state index is 0.0460. The molecular weight excluding hydrogens is 292 g/mol. The maximum atomic E-state index is 11.9. The maximum absolute atomic E-state index is 11.9. The Morgan fingerprint density at radius 2 is 2.29 bits per heavy atom. The third-order valence-electron chi connectivity index (χ3n) is 3.44. The van der Waals surface area contributed by atoms with Crippen molar-refractivity contribution in [2.45, 2.75) is 19.0 Å². The van der Waals surface area contributed by atoms with Gasteiger partial charge in [0.25, 0.3) is 0 Å². The van der Waals surface area contributed by atoms with E-state index < -0.39 is 0 Å². The molecule has 3 N–H and O–H groups in total. The molecule has 114 valence electrons. The highest BCUT2D eigenvalue weighted by Gasteiger charge is 2.19. The first kappa shape index (κ1) is 15.7. The van der Waals surface area contributed by atoms with Crippen LogP contribution in [0.15, 0.2) is 30.4 Å². The summed E-state index contributed by atoms with van der Waals surface area (Å²) in [4.78, 5) is 11.9. The highest BCUT2D eigenvalue weighted by atomic mass is 35.5. The molecule has 0 saturated carbocycles. The highest BCUT2D eigenvalue weighted by Crippen LogP contribution is 2.25. The number of hydrogen-bond donors (Lipinski definition) is 3. The van der Waals surface area contributed by atoms with Gasteiger partial charge in [-0.3, -0.25) is 0 Å². The van der Waals surface area contributed by atoms with E-state index >= 15 is 0 Å². The van der Waals surface area contributed by atoms with Gasteiger partial charge >= 0.3 is 6.03 Å². The average molecular weight is 311 g/mol. The van der Waals surface area contributed by atoms with Gasteiger partial charge in [0.15, 0.2) is 0 Å². The Bertz CT molecular complexity index is 534. The molecule has 2 rings (SSSR count). The molecule has 1 aliphatic carbocycles. The normalized spacial score (nSPS) is 20.3. The van der Waals surface area contributed by atoms with Crippen LogP contribution in [-0.2, 0) is 6.54 Å². The molecule has 0 aliphatic heterocycles. The third kappa shape index (κ3) is 4.12. The van der Waals surface area contributed by atoms with Gasteiger partial charge in [0.1, 0.15) is 5.75 Å². The number of urea groups is 1. The molecule has 6 heteroatoms. The molecule has 0 unspecified atom stereocenters. The standard InChI is InChI=1S/C15H19ClN2O3/c1-21-14-4-2-3-13(16)12(14)8-17-15(20)18-11-6-5-10(7-11)9-19/h2-6,10-11,19H,7-9H2,1H3,(H2,17,18,20)/t10-,11+/m0/s1. The quantitative estimate of drug-likeness (QED) is 0.729. The number of nitrogens with one attached hydrogen (secondary N) is 2. The Morgan fingerprint density at radius 3 is 2.95 bits per heavy atom. The molecule has 1 aromatic rings. The summed E-state index contributed by atoms with van der Waals surface area (Å²) in [6, 6.07) is 5.03. The lowest BCUT2D eigenvalue weighted by Crippen LogP contribution is -2.40. The summed E-state index contributed by atoms with van der Waals surface area (Å²) in [5.74, 6) is 0.767. The van der Waals surface area contributed by atoms with E-state index in [1.807, 2.05) is 12.2 Å². The number of methoxy groups -OCH3 is 1. The van der Waals surface area contributed by atoms with Gasteiger partial charge in [-0.25, -0.2) is 4.79 Å². The van der Waals surface area contributed by atoms with E-state index in [0.717, 1.165) is 12.0 Å². The maximum Gasteiger partial charge on any atom is 0.315 e. The molecular formula is C15H19ClN2O3. The fraction of sp³-hybridized carbons (Fsp3) is 0.400. The lowest BCUT2D eigenvalue weighted by Gasteiger charge is -2.15. The summed E-state index contributed by atoms with van der Waals surface area (Å²) in [6.45, 7) is 0.391. The predicted octanol–water partition coefficient (Wildman–Crippen LogP) is 2.08. The summed E-state index contributed by atoms with van der Waals surface area (Å²) in [5.41, 5.74) is 0.743. The number of rotatable bonds is 5. The lowest BCUT2D eigenvalue weighted by atomic mass is 10.1.